The predicted molar refractivity (Wildman–Crippen MR) is 105 cm³/mol. The Kier molecular flexibility index (Phi) is 7.54. The highest BCUT2D eigenvalue weighted by Crippen LogP contribution is 2.24. The first-order chi connectivity index (χ1) is 11.5. The number of hydrogen-bond acceptors (Lipinski definition) is 3. The molecule has 24 heavy (non-hydrogen) atoms. The van der Waals surface area contributed by atoms with Crippen LogP contribution in [0, 0.1) is 5.92 Å². The third-order valence-corrected chi connectivity index (χ3v) is 4.26. The fourth-order valence-corrected chi connectivity index (χ4v) is 2.40. The van der Waals surface area contributed by atoms with E-state index in [0.29, 0.717) is 16.0 Å². The highest BCUT2D eigenvalue weighted by molar-refractivity contribution is 6.42. The van der Waals surface area contributed by atoms with Gasteiger partial charge in [-0.3, -0.25) is 0 Å². The van der Waals surface area contributed by atoms with E-state index >= 15 is 0 Å². The average molecular weight is 367 g/mol. The van der Waals surface area contributed by atoms with Gasteiger partial charge in [0.05, 0.1) is 16.7 Å². The zero-order valence-electron chi connectivity index (χ0n) is 14.1. The van der Waals surface area contributed by atoms with Crippen LogP contribution in [0.2, 0.25) is 10.0 Å². The summed E-state index contributed by atoms with van der Waals surface area (Å²) in [7, 11) is 0. The monoisotopic (exact) mass is 366 g/mol. The molecule has 0 atom stereocenters. The number of nitrogens with one attached hydrogen (secondary N) is 2. The molecule has 0 aliphatic heterocycles. The van der Waals surface area contributed by atoms with E-state index in [1.165, 1.54) is 0 Å². The van der Waals surface area contributed by atoms with Gasteiger partial charge in [-0.05, 0) is 54.8 Å². The average Bonchev–Trinajstić information content (AvgIpc) is 2.56. The fourth-order valence-electron chi connectivity index (χ4n) is 2.10. The van der Waals surface area contributed by atoms with Gasteiger partial charge in [-0.15, -0.1) is 0 Å². The molecule has 2 aromatic rings. The smallest absolute Gasteiger partial charge is 0.119 e. The van der Waals surface area contributed by atoms with Crippen molar-refractivity contribution in [2.75, 3.05) is 30.3 Å². The van der Waals surface area contributed by atoms with Crippen molar-refractivity contribution in [2.24, 2.45) is 5.92 Å². The predicted octanol–water partition coefficient (Wildman–Crippen LogP) is 5.94. The zero-order valence-corrected chi connectivity index (χ0v) is 15.6. The minimum Gasteiger partial charge on any atom is -0.494 e. The first-order valence-corrected chi connectivity index (χ1v) is 8.96. The molecule has 0 bridgehead atoms. The molecule has 0 aliphatic rings. The van der Waals surface area contributed by atoms with Crippen LogP contribution in [-0.2, 0) is 0 Å². The fraction of sp³-hybridized carbons (Fsp3) is 0.368. The van der Waals surface area contributed by atoms with Crippen LogP contribution >= 0.6 is 23.2 Å². The van der Waals surface area contributed by atoms with Crippen molar-refractivity contribution in [1.82, 2.24) is 0 Å². The van der Waals surface area contributed by atoms with Gasteiger partial charge in [0.25, 0.3) is 0 Å². The lowest BCUT2D eigenvalue weighted by molar-refractivity contribution is 0.289. The van der Waals surface area contributed by atoms with Crippen LogP contribution in [0.3, 0.4) is 0 Å². The van der Waals surface area contributed by atoms with Gasteiger partial charge in [-0.2, -0.15) is 0 Å². The molecular weight excluding hydrogens is 343 g/mol. The molecule has 0 radical (unpaired) electrons. The van der Waals surface area contributed by atoms with Gasteiger partial charge in [0, 0.05) is 24.5 Å². The molecule has 0 spiro atoms. The summed E-state index contributed by atoms with van der Waals surface area (Å²) in [5.74, 6) is 1.57. The van der Waals surface area contributed by atoms with Crippen LogP contribution in [0.1, 0.15) is 20.3 Å². The molecule has 0 heterocycles. The van der Waals surface area contributed by atoms with Crippen LogP contribution in [-0.4, -0.2) is 19.7 Å². The maximum atomic E-state index is 5.99. The second kappa shape index (κ2) is 9.65. The molecule has 2 N–H and O–H groups in total. The Labute approximate surface area is 154 Å². The van der Waals surface area contributed by atoms with Crippen LogP contribution in [0.4, 0.5) is 11.4 Å². The van der Waals surface area contributed by atoms with Crippen LogP contribution in [0.25, 0.3) is 0 Å². The summed E-state index contributed by atoms with van der Waals surface area (Å²) in [4.78, 5) is 0. The minimum atomic E-state index is 0.558. The van der Waals surface area contributed by atoms with Gasteiger partial charge in [-0.1, -0.05) is 37.0 Å². The van der Waals surface area contributed by atoms with Crippen molar-refractivity contribution in [3.05, 3.63) is 52.5 Å². The molecule has 0 saturated heterocycles. The Bertz CT molecular complexity index is 630. The number of ether oxygens (including phenoxy) is 1. The second-order valence-corrected chi connectivity index (χ2v) is 6.85. The Hall–Kier alpha value is -1.58. The Balaban J connectivity index is 1.69. The van der Waals surface area contributed by atoms with E-state index in [4.69, 9.17) is 27.9 Å². The van der Waals surface area contributed by atoms with Crippen LogP contribution in [0.15, 0.2) is 42.5 Å². The summed E-state index contributed by atoms with van der Waals surface area (Å²) < 4.78 is 5.71. The molecule has 0 amide bonds. The normalized spacial score (nSPS) is 10.7. The van der Waals surface area contributed by atoms with Gasteiger partial charge in [-0.25, -0.2) is 0 Å². The molecule has 0 aliphatic carbocycles. The molecule has 3 nitrogen and oxygen atoms in total. The SMILES string of the molecule is CC(C)CCOc1ccc(NCCNc2ccc(Cl)c(Cl)c2)cc1. The summed E-state index contributed by atoms with van der Waals surface area (Å²) in [5.41, 5.74) is 2.03. The number of anilines is 2. The van der Waals surface area contributed by atoms with E-state index in [9.17, 15) is 0 Å². The number of halogens is 2. The number of benzene rings is 2. The van der Waals surface area contributed by atoms with E-state index < -0.39 is 0 Å². The lowest BCUT2D eigenvalue weighted by Crippen LogP contribution is -2.13. The van der Waals surface area contributed by atoms with Gasteiger partial charge in [0.1, 0.15) is 5.75 Å². The van der Waals surface area contributed by atoms with Crippen molar-refractivity contribution in [3.63, 3.8) is 0 Å². The van der Waals surface area contributed by atoms with E-state index in [-0.39, 0.29) is 0 Å². The first-order valence-electron chi connectivity index (χ1n) is 8.20. The molecular formula is C19H24Cl2N2O. The van der Waals surface area contributed by atoms with E-state index in [1.54, 1.807) is 6.07 Å². The summed E-state index contributed by atoms with van der Waals surface area (Å²) in [6, 6.07) is 13.6. The van der Waals surface area contributed by atoms with Crippen molar-refractivity contribution in [2.45, 2.75) is 20.3 Å². The van der Waals surface area contributed by atoms with E-state index in [0.717, 1.165) is 43.2 Å². The molecule has 2 rings (SSSR count). The van der Waals surface area contributed by atoms with Crippen molar-refractivity contribution in [1.29, 1.82) is 0 Å². The Morgan fingerprint density at radius 1 is 0.875 bits per heavy atom. The first kappa shape index (κ1) is 18.8. The van der Waals surface area contributed by atoms with Gasteiger partial charge < -0.3 is 15.4 Å². The number of rotatable bonds is 9. The molecule has 0 unspecified atom stereocenters. The molecule has 130 valence electrons. The largest absolute Gasteiger partial charge is 0.494 e. The maximum absolute atomic E-state index is 5.99. The highest BCUT2D eigenvalue weighted by Gasteiger charge is 2.00. The Morgan fingerprint density at radius 2 is 1.50 bits per heavy atom. The van der Waals surface area contributed by atoms with Gasteiger partial charge in [0.2, 0.25) is 0 Å². The molecule has 5 heteroatoms. The van der Waals surface area contributed by atoms with Crippen molar-refractivity contribution < 1.29 is 4.74 Å². The van der Waals surface area contributed by atoms with Gasteiger partial charge >= 0.3 is 0 Å². The third-order valence-electron chi connectivity index (χ3n) is 3.52. The zero-order chi connectivity index (χ0) is 17.4. The van der Waals surface area contributed by atoms with Gasteiger partial charge in [0.15, 0.2) is 0 Å². The molecule has 0 aromatic heterocycles. The third kappa shape index (κ3) is 6.50. The standard InChI is InChI=1S/C19H24Cl2N2O/c1-14(2)9-12-24-17-6-3-15(4-7-17)22-10-11-23-16-5-8-18(20)19(21)13-16/h3-8,13-14,22-23H,9-12H2,1-2H3. The summed E-state index contributed by atoms with van der Waals surface area (Å²) in [6.07, 6.45) is 1.07. The topological polar surface area (TPSA) is 33.3 Å². The lowest BCUT2D eigenvalue weighted by atomic mass is 10.1. The number of hydrogen-bond donors (Lipinski definition) is 2. The summed E-state index contributed by atoms with van der Waals surface area (Å²) >= 11 is 11.9. The quantitative estimate of drug-likeness (QED) is 0.538. The summed E-state index contributed by atoms with van der Waals surface area (Å²) in [6.45, 7) is 6.74. The van der Waals surface area contributed by atoms with E-state index in [1.807, 2.05) is 36.4 Å². The van der Waals surface area contributed by atoms with Crippen LogP contribution in [0.5, 0.6) is 5.75 Å². The maximum Gasteiger partial charge on any atom is 0.119 e. The van der Waals surface area contributed by atoms with Crippen molar-refractivity contribution in [3.8, 4) is 5.75 Å². The van der Waals surface area contributed by atoms with Crippen LogP contribution < -0.4 is 15.4 Å². The van der Waals surface area contributed by atoms with E-state index in [2.05, 4.69) is 24.5 Å². The highest BCUT2D eigenvalue weighted by atomic mass is 35.5. The lowest BCUT2D eigenvalue weighted by Gasteiger charge is -2.11. The van der Waals surface area contributed by atoms with Crippen molar-refractivity contribution >= 4 is 34.6 Å². The minimum absolute atomic E-state index is 0.558. The summed E-state index contributed by atoms with van der Waals surface area (Å²) in [5, 5.41) is 7.79. The Morgan fingerprint density at radius 3 is 2.12 bits per heavy atom. The molecule has 0 fully saturated rings. The second-order valence-electron chi connectivity index (χ2n) is 6.04. The molecule has 0 saturated carbocycles. The molecule has 2 aromatic carbocycles.